The molecule has 1 aromatic heterocycles. The Morgan fingerprint density at radius 3 is 2.41 bits per heavy atom. The largest absolute Gasteiger partial charge is 0.496 e. The number of hydrogen-bond donors (Lipinski definition) is 1. The Kier molecular flexibility index (Phi) is 6.39. The first-order valence-corrected chi connectivity index (χ1v) is 11.9. The highest BCUT2D eigenvalue weighted by molar-refractivity contribution is 7.10. The second-order valence-corrected chi connectivity index (χ2v) is 10.4. The van der Waals surface area contributed by atoms with Gasteiger partial charge in [-0.05, 0) is 73.3 Å². The summed E-state index contributed by atoms with van der Waals surface area (Å²) in [5.41, 5.74) is 2.03. The standard InChI is InChI=1S/C26H31FN2O2S/c1-25(2,3)19-9-12-23(31-4)21(15-19)26(30,17-29-13-5-6-14-29)24-28-22(16-32-24)18-7-10-20(27)11-8-18/h7-12,15-16,30H,5-6,13-14,17H2,1-4H3. The maximum atomic E-state index is 13.4. The van der Waals surface area contributed by atoms with E-state index in [1.165, 1.54) is 23.5 Å². The zero-order valence-corrected chi connectivity index (χ0v) is 20.0. The number of ether oxygens (including phenoxy) is 1. The summed E-state index contributed by atoms with van der Waals surface area (Å²) in [7, 11) is 1.64. The molecule has 1 fully saturated rings. The number of likely N-dealkylation sites (tertiary alicyclic amines) is 1. The van der Waals surface area contributed by atoms with Gasteiger partial charge < -0.3 is 9.84 Å². The average Bonchev–Trinajstić information content (AvgIpc) is 3.45. The van der Waals surface area contributed by atoms with Gasteiger partial charge in [0.1, 0.15) is 16.6 Å². The van der Waals surface area contributed by atoms with Gasteiger partial charge in [0.2, 0.25) is 0 Å². The lowest BCUT2D eigenvalue weighted by Crippen LogP contribution is -2.41. The van der Waals surface area contributed by atoms with E-state index in [1.807, 2.05) is 11.4 Å². The Bertz CT molecular complexity index is 1070. The summed E-state index contributed by atoms with van der Waals surface area (Å²) < 4.78 is 19.1. The first kappa shape index (κ1) is 22.9. The van der Waals surface area contributed by atoms with Gasteiger partial charge in [0.25, 0.3) is 0 Å². The highest BCUT2D eigenvalue weighted by Gasteiger charge is 2.40. The van der Waals surface area contributed by atoms with Crippen LogP contribution in [0.4, 0.5) is 4.39 Å². The van der Waals surface area contributed by atoms with Crippen LogP contribution < -0.4 is 4.74 Å². The molecule has 4 nitrogen and oxygen atoms in total. The number of β-amino-alcohol motifs (C(OH)–C–C–N with tert-alkyl or cyclic N) is 1. The highest BCUT2D eigenvalue weighted by atomic mass is 32.1. The topological polar surface area (TPSA) is 45.6 Å². The van der Waals surface area contributed by atoms with Crippen LogP contribution in [0, 0.1) is 5.82 Å². The Morgan fingerprint density at radius 1 is 1.09 bits per heavy atom. The van der Waals surface area contributed by atoms with E-state index >= 15 is 0 Å². The van der Waals surface area contributed by atoms with Crippen LogP contribution in [0.25, 0.3) is 11.3 Å². The predicted molar refractivity (Wildman–Crippen MR) is 128 cm³/mol. The minimum Gasteiger partial charge on any atom is -0.496 e. The molecule has 2 heterocycles. The van der Waals surface area contributed by atoms with Crippen molar-refractivity contribution in [2.45, 2.75) is 44.6 Å². The van der Waals surface area contributed by atoms with Gasteiger partial charge in [0.05, 0.1) is 12.8 Å². The minimum absolute atomic E-state index is 0.0717. The summed E-state index contributed by atoms with van der Waals surface area (Å²) in [6.07, 6.45) is 2.27. The van der Waals surface area contributed by atoms with Crippen LogP contribution in [0.3, 0.4) is 0 Å². The van der Waals surface area contributed by atoms with Crippen LogP contribution >= 0.6 is 11.3 Å². The molecule has 0 radical (unpaired) electrons. The first-order valence-electron chi connectivity index (χ1n) is 11.1. The number of thiazole rings is 1. The Hall–Kier alpha value is -2.28. The third kappa shape index (κ3) is 4.58. The molecular formula is C26H31FN2O2S. The van der Waals surface area contributed by atoms with Gasteiger partial charge in [0, 0.05) is 23.1 Å². The van der Waals surface area contributed by atoms with Crippen LogP contribution in [0.2, 0.25) is 0 Å². The van der Waals surface area contributed by atoms with Gasteiger partial charge in [-0.25, -0.2) is 9.37 Å². The number of benzene rings is 2. The summed E-state index contributed by atoms with van der Waals surface area (Å²) >= 11 is 1.43. The number of hydrogen-bond acceptors (Lipinski definition) is 5. The second kappa shape index (κ2) is 8.93. The fourth-order valence-corrected chi connectivity index (χ4v) is 5.18. The van der Waals surface area contributed by atoms with E-state index in [1.54, 1.807) is 19.2 Å². The summed E-state index contributed by atoms with van der Waals surface area (Å²) in [6, 6.07) is 12.4. The highest BCUT2D eigenvalue weighted by Crippen LogP contribution is 2.41. The Labute approximate surface area is 193 Å². The van der Waals surface area contributed by atoms with Gasteiger partial charge in [-0.3, -0.25) is 4.90 Å². The second-order valence-electron chi connectivity index (χ2n) is 9.55. The minimum atomic E-state index is -1.32. The normalized spacial score (nSPS) is 16.8. The van der Waals surface area contributed by atoms with Crippen molar-refractivity contribution in [3.8, 4) is 17.0 Å². The van der Waals surface area contributed by atoms with E-state index in [2.05, 4.69) is 37.8 Å². The molecule has 4 rings (SSSR count). The number of rotatable bonds is 6. The van der Waals surface area contributed by atoms with Gasteiger partial charge in [-0.2, -0.15) is 0 Å². The Morgan fingerprint density at radius 2 is 1.78 bits per heavy atom. The van der Waals surface area contributed by atoms with Crippen molar-refractivity contribution in [2.24, 2.45) is 0 Å². The molecule has 1 unspecified atom stereocenters. The molecule has 1 saturated heterocycles. The van der Waals surface area contributed by atoms with Crippen LogP contribution in [-0.4, -0.2) is 41.7 Å². The number of methoxy groups -OCH3 is 1. The number of halogens is 1. The molecule has 32 heavy (non-hydrogen) atoms. The molecule has 1 aliphatic rings. The zero-order chi connectivity index (χ0) is 22.9. The Balaban J connectivity index is 1.83. The van der Waals surface area contributed by atoms with Crippen molar-refractivity contribution in [1.82, 2.24) is 9.88 Å². The van der Waals surface area contributed by atoms with E-state index in [0.717, 1.165) is 48.3 Å². The zero-order valence-electron chi connectivity index (χ0n) is 19.2. The molecule has 1 N–H and O–H groups in total. The lowest BCUT2D eigenvalue weighted by molar-refractivity contribution is 0.0409. The van der Waals surface area contributed by atoms with Crippen molar-refractivity contribution in [2.75, 3.05) is 26.7 Å². The molecule has 0 bridgehead atoms. The number of aromatic nitrogens is 1. The van der Waals surface area contributed by atoms with Gasteiger partial charge in [0.15, 0.2) is 5.60 Å². The molecule has 170 valence electrons. The lowest BCUT2D eigenvalue weighted by Gasteiger charge is -2.33. The summed E-state index contributed by atoms with van der Waals surface area (Å²) in [5, 5.41) is 14.8. The van der Waals surface area contributed by atoms with Gasteiger partial charge in [-0.1, -0.05) is 26.8 Å². The van der Waals surface area contributed by atoms with Crippen LogP contribution in [0.5, 0.6) is 5.75 Å². The molecule has 0 spiro atoms. The monoisotopic (exact) mass is 454 g/mol. The number of aliphatic hydroxyl groups is 1. The summed E-state index contributed by atoms with van der Waals surface area (Å²) in [4.78, 5) is 7.13. The third-order valence-electron chi connectivity index (χ3n) is 6.16. The molecular weight excluding hydrogens is 423 g/mol. The van der Waals surface area contributed by atoms with Crippen LogP contribution in [-0.2, 0) is 11.0 Å². The lowest BCUT2D eigenvalue weighted by atomic mass is 9.82. The van der Waals surface area contributed by atoms with E-state index in [4.69, 9.17) is 9.72 Å². The molecule has 0 amide bonds. The van der Waals surface area contributed by atoms with Crippen molar-refractivity contribution in [1.29, 1.82) is 0 Å². The SMILES string of the molecule is COc1ccc(C(C)(C)C)cc1C(O)(CN1CCCC1)c1nc(-c2ccc(F)cc2)cs1. The fraction of sp³-hybridized carbons (Fsp3) is 0.423. The van der Waals surface area contributed by atoms with Gasteiger partial charge >= 0.3 is 0 Å². The fourth-order valence-electron chi connectivity index (χ4n) is 4.25. The molecule has 2 aromatic carbocycles. The maximum absolute atomic E-state index is 13.4. The van der Waals surface area contributed by atoms with Crippen LogP contribution in [0.1, 0.15) is 49.7 Å². The van der Waals surface area contributed by atoms with E-state index in [-0.39, 0.29) is 11.2 Å². The molecule has 1 aliphatic heterocycles. The molecule has 6 heteroatoms. The summed E-state index contributed by atoms with van der Waals surface area (Å²) in [6.45, 7) is 8.85. The van der Waals surface area contributed by atoms with E-state index < -0.39 is 5.60 Å². The smallest absolute Gasteiger partial charge is 0.157 e. The maximum Gasteiger partial charge on any atom is 0.157 e. The average molecular weight is 455 g/mol. The van der Waals surface area contributed by atoms with E-state index in [0.29, 0.717) is 17.3 Å². The molecule has 1 atom stereocenters. The van der Waals surface area contributed by atoms with Gasteiger partial charge in [-0.15, -0.1) is 11.3 Å². The molecule has 0 aliphatic carbocycles. The first-order chi connectivity index (χ1) is 15.2. The van der Waals surface area contributed by atoms with Crippen molar-refractivity contribution in [3.05, 3.63) is 69.8 Å². The quantitative estimate of drug-likeness (QED) is 0.528. The van der Waals surface area contributed by atoms with Crippen LogP contribution in [0.15, 0.2) is 47.8 Å². The van der Waals surface area contributed by atoms with E-state index in [9.17, 15) is 9.50 Å². The van der Waals surface area contributed by atoms with Crippen molar-refractivity contribution in [3.63, 3.8) is 0 Å². The predicted octanol–water partition coefficient (Wildman–Crippen LogP) is 5.59. The third-order valence-corrected chi connectivity index (χ3v) is 7.15. The molecule has 3 aromatic rings. The van der Waals surface area contributed by atoms with Crippen molar-refractivity contribution >= 4 is 11.3 Å². The van der Waals surface area contributed by atoms with Crippen molar-refractivity contribution < 1.29 is 14.2 Å². The number of nitrogens with zero attached hydrogens (tertiary/aromatic N) is 2. The summed E-state index contributed by atoms with van der Waals surface area (Å²) in [5.74, 6) is 0.372. The molecule has 0 saturated carbocycles.